The number of carbonyl (C=O) groups excluding carboxylic acids is 1. The molecule has 0 spiro atoms. The quantitative estimate of drug-likeness (QED) is 0.111. The SMILES string of the molecule is CC(C)n1c(CC[C@@H](O)C[C@@H](O)CC(=O)O)c(-c2ccc(F)cc2)c(-c2ccccc2)c1C(=O)Nc1ccc(-c2ncco2)cc1. The lowest BCUT2D eigenvalue weighted by Crippen LogP contribution is -2.22. The van der Waals surface area contributed by atoms with E-state index >= 15 is 0 Å². The lowest BCUT2D eigenvalue weighted by molar-refractivity contribution is -0.139. The molecule has 4 N–H and O–H groups in total. The van der Waals surface area contributed by atoms with Crippen LogP contribution < -0.4 is 5.32 Å². The normalized spacial score (nSPS) is 12.7. The molecule has 0 aliphatic rings. The van der Waals surface area contributed by atoms with Gasteiger partial charge in [-0.15, -0.1) is 0 Å². The Bertz CT molecular complexity index is 1770. The topological polar surface area (TPSA) is 138 Å². The average molecular weight is 626 g/mol. The van der Waals surface area contributed by atoms with Crippen molar-refractivity contribution >= 4 is 17.6 Å². The van der Waals surface area contributed by atoms with Gasteiger partial charge in [-0.25, -0.2) is 9.37 Å². The lowest BCUT2D eigenvalue weighted by atomic mass is 9.92. The summed E-state index contributed by atoms with van der Waals surface area (Å²) in [6.45, 7) is 3.92. The Hall–Kier alpha value is -5.06. The maximum Gasteiger partial charge on any atom is 0.305 e. The third-order valence-electron chi connectivity index (χ3n) is 7.72. The van der Waals surface area contributed by atoms with Crippen LogP contribution in [0.5, 0.6) is 0 Å². The van der Waals surface area contributed by atoms with Crippen molar-refractivity contribution in [2.24, 2.45) is 0 Å². The van der Waals surface area contributed by atoms with Crippen molar-refractivity contribution in [2.75, 3.05) is 5.32 Å². The van der Waals surface area contributed by atoms with Crippen LogP contribution in [0.25, 0.3) is 33.7 Å². The van der Waals surface area contributed by atoms with Crippen molar-refractivity contribution in [2.45, 2.75) is 57.8 Å². The first-order valence-corrected chi connectivity index (χ1v) is 15.1. The molecule has 46 heavy (non-hydrogen) atoms. The van der Waals surface area contributed by atoms with Crippen LogP contribution in [0.2, 0.25) is 0 Å². The van der Waals surface area contributed by atoms with E-state index in [-0.39, 0.29) is 24.8 Å². The summed E-state index contributed by atoms with van der Waals surface area (Å²) >= 11 is 0. The Labute approximate surface area is 266 Å². The van der Waals surface area contributed by atoms with Crippen LogP contribution in [0.4, 0.5) is 10.1 Å². The van der Waals surface area contributed by atoms with E-state index in [0.29, 0.717) is 34.8 Å². The molecule has 2 aromatic heterocycles. The standard InChI is InChI=1S/C36H36FN3O6/c1-22(2)40-30(17-16-28(41)20-29(42)21-31(43)44)32(24-8-12-26(37)13-9-24)33(23-6-4-3-5-7-23)34(40)35(45)39-27-14-10-25(11-15-27)36-38-18-19-46-36/h3-15,18-19,22,28-29,41-42H,16-17,20-21H2,1-2H3,(H,39,45)(H,43,44)/t28-,29-/m1/s1. The molecule has 0 saturated heterocycles. The molecule has 0 aliphatic heterocycles. The molecular weight excluding hydrogens is 589 g/mol. The highest BCUT2D eigenvalue weighted by molar-refractivity contribution is 6.11. The van der Waals surface area contributed by atoms with E-state index in [0.717, 1.165) is 22.4 Å². The van der Waals surface area contributed by atoms with Crippen molar-refractivity contribution in [3.05, 3.63) is 109 Å². The number of carbonyl (C=O) groups is 2. The maximum atomic E-state index is 14.3. The van der Waals surface area contributed by atoms with Gasteiger partial charge in [0.2, 0.25) is 5.89 Å². The van der Waals surface area contributed by atoms with Crippen LogP contribution in [0, 0.1) is 5.82 Å². The Morgan fingerprint density at radius 3 is 2.15 bits per heavy atom. The van der Waals surface area contributed by atoms with Crippen molar-refractivity contribution in [3.63, 3.8) is 0 Å². The number of anilines is 1. The van der Waals surface area contributed by atoms with Gasteiger partial charge in [0.1, 0.15) is 17.8 Å². The van der Waals surface area contributed by atoms with Crippen LogP contribution in [0.1, 0.15) is 55.3 Å². The van der Waals surface area contributed by atoms with E-state index in [1.54, 1.807) is 42.6 Å². The van der Waals surface area contributed by atoms with Gasteiger partial charge in [-0.1, -0.05) is 42.5 Å². The highest BCUT2D eigenvalue weighted by atomic mass is 19.1. The van der Waals surface area contributed by atoms with E-state index in [1.165, 1.54) is 18.4 Å². The number of carboxylic acid groups (broad SMARTS) is 1. The van der Waals surface area contributed by atoms with E-state index in [9.17, 15) is 24.2 Å². The summed E-state index contributed by atoms with van der Waals surface area (Å²) in [4.78, 5) is 29.5. The molecule has 1 amide bonds. The molecule has 2 heterocycles. The first kappa shape index (κ1) is 32.3. The minimum atomic E-state index is -1.20. The van der Waals surface area contributed by atoms with Gasteiger partial charge in [0, 0.05) is 34.1 Å². The van der Waals surface area contributed by atoms with Crippen LogP contribution >= 0.6 is 0 Å². The van der Waals surface area contributed by atoms with E-state index < -0.39 is 30.4 Å². The fourth-order valence-electron chi connectivity index (χ4n) is 5.76. The van der Waals surface area contributed by atoms with E-state index in [4.69, 9.17) is 9.52 Å². The zero-order valence-corrected chi connectivity index (χ0v) is 25.6. The molecule has 9 nitrogen and oxygen atoms in total. The molecule has 0 unspecified atom stereocenters. The third kappa shape index (κ3) is 7.42. The van der Waals surface area contributed by atoms with Gasteiger partial charge in [-0.05, 0) is 80.6 Å². The zero-order valence-electron chi connectivity index (χ0n) is 25.6. The molecule has 0 bridgehead atoms. The molecule has 0 radical (unpaired) electrons. The van der Waals surface area contributed by atoms with Crippen LogP contribution in [-0.2, 0) is 11.2 Å². The van der Waals surface area contributed by atoms with Gasteiger partial charge in [0.05, 0.1) is 24.8 Å². The average Bonchev–Trinajstić information content (AvgIpc) is 3.68. The molecule has 5 rings (SSSR count). The van der Waals surface area contributed by atoms with Crippen molar-refractivity contribution < 1.29 is 33.7 Å². The molecule has 2 atom stereocenters. The van der Waals surface area contributed by atoms with Crippen LogP contribution in [0.15, 0.2) is 95.7 Å². The third-order valence-corrected chi connectivity index (χ3v) is 7.72. The highest BCUT2D eigenvalue weighted by Crippen LogP contribution is 2.43. The number of aliphatic hydroxyl groups excluding tert-OH is 2. The Morgan fingerprint density at radius 1 is 0.891 bits per heavy atom. The number of hydrogen-bond acceptors (Lipinski definition) is 6. The number of rotatable bonds is 13. The van der Waals surface area contributed by atoms with Crippen molar-refractivity contribution in [1.82, 2.24) is 9.55 Å². The first-order valence-electron chi connectivity index (χ1n) is 15.1. The molecule has 0 fully saturated rings. The summed E-state index contributed by atoms with van der Waals surface area (Å²) in [6, 6.07) is 22.5. The fourth-order valence-corrected chi connectivity index (χ4v) is 5.76. The largest absolute Gasteiger partial charge is 0.481 e. The Balaban J connectivity index is 1.61. The number of hydrogen-bond donors (Lipinski definition) is 4. The minimum Gasteiger partial charge on any atom is -0.481 e. The van der Waals surface area contributed by atoms with Gasteiger partial charge in [0.25, 0.3) is 5.91 Å². The molecule has 0 saturated carbocycles. The number of halogens is 1. The fraction of sp³-hybridized carbons (Fsp3) is 0.250. The molecule has 10 heteroatoms. The number of aliphatic carboxylic acids is 1. The molecule has 0 aliphatic carbocycles. The van der Waals surface area contributed by atoms with E-state index in [2.05, 4.69) is 10.3 Å². The number of oxazole rings is 1. The summed E-state index contributed by atoms with van der Waals surface area (Å²) in [5, 5.41) is 33.0. The number of nitrogens with zero attached hydrogens (tertiary/aromatic N) is 2. The van der Waals surface area contributed by atoms with Gasteiger partial charge >= 0.3 is 5.97 Å². The number of aromatic nitrogens is 2. The number of nitrogens with one attached hydrogen (secondary N) is 1. The monoisotopic (exact) mass is 625 g/mol. The zero-order chi connectivity index (χ0) is 32.8. The maximum absolute atomic E-state index is 14.3. The predicted molar refractivity (Wildman–Crippen MR) is 173 cm³/mol. The van der Waals surface area contributed by atoms with Crippen LogP contribution in [0.3, 0.4) is 0 Å². The second kappa shape index (κ2) is 14.4. The predicted octanol–water partition coefficient (Wildman–Crippen LogP) is 6.97. The second-order valence-corrected chi connectivity index (χ2v) is 11.4. The molecule has 5 aromatic rings. The summed E-state index contributed by atoms with van der Waals surface area (Å²) in [7, 11) is 0. The van der Waals surface area contributed by atoms with Gasteiger partial charge in [-0.2, -0.15) is 0 Å². The first-order chi connectivity index (χ1) is 22.1. The van der Waals surface area contributed by atoms with Crippen molar-refractivity contribution in [3.8, 4) is 33.7 Å². The van der Waals surface area contributed by atoms with Gasteiger partial charge in [-0.3, -0.25) is 9.59 Å². The molecular formula is C36H36FN3O6. The number of benzene rings is 3. The lowest BCUT2D eigenvalue weighted by Gasteiger charge is -2.20. The summed E-state index contributed by atoms with van der Waals surface area (Å²) < 4.78 is 21.4. The summed E-state index contributed by atoms with van der Waals surface area (Å²) in [6.07, 6.45) is 0.767. The second-order valence-electron chi connectivity index (χ2n) is 11.4. The van der Waals surface area contributed by atoms with Crippen molar-refractivity contribution in [1.29, 1.82) is 0 Å². The number of amides is 1. The minimum absolute atomic E-state index is 0.108. The highest BCUT2D eigenvalue weighted by Gasteiger charge is 2.30. The Morgan fingerprint density at radius 2 is 1.54 bits per heavy atom. The smallest absolute Gasteiger partial charge is 0.305 e. The van der Waals surface area contributed by atoms with Gasteiger partial charge in [0.15, 0.2) is 0 Å². The summed E-state index contributed by atoms with van der Waals surface area (Å²) in [5.41, 5.74) is 5.32. The number of carboxylic acids is 1. The summed E-state index contributed by atoms with van der Waals surface area (Å²) in [5.74, 6) is -1.45. The molecule has 3 aromatic carbocycles. The van der Waals surface area contributed by atoms with E-state index in [1.807, 2.05) is 48.7 Å². The Kier molecular flexibility index (Phi) is 10.1. The van der Waals surface area contributed by atoms with Gasteiger partial charge < -0.3 is 29.6 Å². The molecule has 238 valence electrons. The number of aliphatic hydroxyl groups is 2. The van der Waals surface area contributed by atoms with Crippen LogP contribution in [-0.4, -0.2) is 49.0 Å².